The minimum Gasteiger partial charge on any atom is -0.377 e. The number of carbonyl (C=O) groups is 2. The number of nitrogens with one attached hydrogen (secondary N) is 3. The Bertz CT molecular complexity index is 1470. The van der Waals surface area contributed by atoms with Gasteiger partial charge in [-0.2, -0.15) is 0 Å². The van der Waals surface area contributed by atoms with Gasteiger partial charge in [0.05, 0.1) is 19.3 Å². The number of ether oxygens (including phenoxy) is 1. The third kappa shape index (κ3) is 7.67. The number of rotatable bonds is 6. The first kappa shape index (κ1) is 28.2. The van der Waals surface area contributed by atoms with Crippen molar-refractivity contribution in [3.05, 3.63) is 88.4 Å². The first-order valence-corrected chi connectivity index (χ1v) is 13.6. The highest BCUT2D eigenvalue weighted by atomic mass is 19.1. The maximum absolute atomic E-state index is 14.8. The van der Waals surface area contributed by atoms with Gasteiger partial charge < -0.3 is 20.3 Å². The van der Waals surface area contributed by atoms with E-state index in [0.717, 1.165) is 31.7 Å². The van der Waals surface area contributed by atoms with Crippen molar-refractivity contribution in [3.63, 3.8) is 0 Å². The Morgan fingerprint density at radius 1 is 1.02 bits per heavy atom. The van der Waals surface area contributed by atoms with E-state index in [4.69, 9.17) is 4.74 Å². The summed E-state index contributed by atoms with van der Waals surface area (Å²) in [6.07, 6.45) is 1.57. The molecule has 41 heavy (non-hydrogen) atoms. The molecule has 212 valence electrons. The second-order valence-corrected chi connectivity index (χ2v) is 10.4. The number of carbonyl (C=O) groups excluding carboxylic acids is 2. The molecule has 2 aliphatic heterocycles. The van der Waals surface area contributed by atoms with Crippen molar-refractivity contribution in [2.45, 2.75) is 19.5 Å². The van der Waals surface area contributed by atoms with Crippen LogP contribution in [0.1, 0.15) is 32.6 Å². The summed E-state index contributed by atoms with van der Waals surface area (Å²) in [5.74, 6) is 5.88. The van der Waals surface area contributed by atoms with Crippen LogP contribution in [0.4, 0.5) is 20.7 Å². The van der Waals surface area contributed by atoms with Crippen LogP contribution in [0.15, 0.2) is 54.7 Å². The van der Waals surface area contributed by atoms with Gasteiger partial charge in [0, 0.05) is 66.9 Å². The molecule has 1 aromatic heterocycles. The lowest BCUT2D eigenvalue weighted by molar-refractivity contribution is 0.000731. The van der Waals surface area contributed by atoms with Crippen molar-refractivity contribution >= 4 is 23.4 Å². The van der Waals surface area contributed by atoms with E-state index in [-0.39, 0.29) is 23.8 Å². The number of aromatic nitrogens is 1. The smallest absolute Gasteiger partial charge is 0.320 e. The largest absolute Gasteiger partial charge is 0.377 e. The first-order chi connectivity index (χ1) is 19.8. The predicted molar refractivity (Wildman–Crippen MR) is 155 cm³/mol. The molecule has 2 fully saturated rings. The number of pyridine rings is 1. The zero-order valence-corrected chi connectivity index (χ0v) is 23.2. The molecule has 2 aromatic carbocycles. The van der Waals surface area contributed by atoms with E-state index >= 15 is 0 Å². The summed E-state index contributed by atoms with van der Waals surface area (Å²) in [5.41, 5.74) is 3.70. The Kier molecular flexibility index (Phi) is 8.89. The SMILES string of the molecule is Cc1ccc(C(=O)Nc2ccc(CN3CCN(C)CC3)c(F)c2)cc1C#Cc1ccc(NC(=O)NC2COC2)nc1. The van der Waals surface area contributed by atoms with Gasteiger partial charge in [-0.15, -0.1) is 0 Å². The van der Waals surface area contributed by atoms with Crippen LogP contribution >= 0.6 is 0 Å². The fraction of sp³-hybridized carbons (Fsp3) is 0.323. The minimum absolute atomic E-state index is 0.0279. The maximum atomic E-state index is 14.8. The minimum atomic E-state index is -0.344. The highest BCUT2D eigenvalue weighted by Crippen LogP contribution is 2.19. The summed E-state index contributed by atoms with van der Waals surface area (Å²) < 4.78 is 19.9. The summed E-state index contributed by atoms with van der Waals surface area (Å²) in [6.45, 7) is 7.24. The third-order valence-electron chi connectivity index (χ3n) is 7.12. The summed E-state index contributed by atoms with van der Waals surface area (Å²) in [6, 6.07) is 13.2. The molecule has 3 amide bonds. The number of aryl methyl sites for hydroxylation is 1. The van der Waals surface area contributed by atoms with Crippen LogP contribution in [0.3, 0.4) is 0 Å². The van der Waals surface area contributed by atoms with Crippen molar-refractivity contribution in [2.24, 2.45) is 0 Å². The van der Waals surface area contributed by atoms with Gasteiger partial charge in [0.25, 0.3) is 5.91 Å². The molecular weight excluding hydrogens is 523 g/mol. The fourth-order valence-corrected chi connectivity index (χ4v) is 4.44. The maximum Gasteiger partial charge on any atom is 0.320 e. The molecule has 2 saturated heterocycles. The highest BCUT2D eigenvalue weighted by molar-refractivity contribution is 6.04. The van der Waals surface area contributed by atoms with Gasteiger partial charge in [-0.25, -0.2) is 14.2 Å². The van der Waals surface area contributed by atoms with Crippen LogP contribution in [0.25, 0.3) is 0 Å². The van der Waals surface area contributed by atoms with Gasteiger partial charge in [-0.05, 0) is 55.9 Å². The van der Waals surface area contributed by atoms with E-state index in [1.54, 1.807) is 42.6 Å². The van der Waals surface area contributed by atoms with Crippen LogP contribution in [-0.4, -0.2) is 79.2 Å². The summed E-state index contributed by atoms with van der Waals surface area (Å²) in [7, 11) is 2.09. The van der Waals surface area contributed by atoms with Gasteiger partial charge in [-0.1, -0.05) is 24.0 Å². The summed E-state index contributed by atoms with van der Waals surface area (Å²) in [4.78, 5) is 33.7. The first-order valence-electron chi connectivity index (χ1n) is 13.6. The zero-order valence-electron chi connectivity index (χ0n) is 23.2. The van der Waals surface area contributed by atoms with E-state index < -0.39 is 0 Å². The van der Waals surface area contributed by atoms with Crippen LogP contribution in [0.5, 0.6) is 0 Å². The lowest BCUT2D eigenvalue weighted by atomic mass is 10.0. The Labute approximate surface area is 239 Å². The number of nitrogens with zero attached hydrogens (tertiary/aromatic N) is 3. The molecule has 0 atom stereocenters. The number of piperazine rings is 1. The second kappa shape index (κ2) is 12.9. The lowest BCUT2D eigenvalue weighted by Crippen LogP contribution is -2.50. The number of halogens is 1. The standard InChI is InChI=1S/C31H33FN6O3/c1-21-3-6-24(30(39)34-26-9-8-25(28(32)16-26)18-38-13-11-37(2)12-14-38)15-23(21)7-4-22-5-10-29(33-17-22)36-31(40)35-27-19-41-20-27/h3,5-6,8-10,15-17,27H,11-14,18-20H2,1-2H3,(H,34,39)(H2,33,35,36,40). The van der Waals surface area contributed by atoms with E-state index in [0.29, 0.717) is 53.5 Å². The number of urea groups is 1. The molecule has 0 spiro atoms. The van der Waals surface area contributed by atoms with Crippen molar-refractivity contribution in [1.29, 1.82) is 0 Å². The Balaban J connectivity index is 1.19. The fourth-order valence-electron chi connectivity index (χ4n) is 4.44. The van der Waals surface area contributed by atoms with Crippen molar-refractivity contribution in [3.8, 4) is 11.8 Å². The molecule has 0 bridgehead atoms. The molecule has 9 nitrogen and oxygen atoms in total. The van der Waals surface area contributed by atoms with Crippen LogP contribution in [-0.2, 0) is 11.3 Å². The monoisotopic (exact) mass is 556 g/mol. The molecule has 2 aliphatic rings. The number of anilines is 2. The Morgan fingerprint density at radius 2 is 1.83 bits per heavy atom. The van der Waals surface area contributed by atoms with Crippen LogP contribution < -0.4 is 16.0 Å². The van der Waals surface area contributed by atoms with Crippen LogP contribution in [0.2, 0.25) is 0 Å². The number of hydrogen-bond donors (Lipinski definition) is 3. The molecule has 3 N–H and O–H groups in total. The molecule has 0 radical (unpaired) electrons. The summed E-state index contributed by atoms with van der Waals surface area (Å²) in [5, 5.41) is 8.26. The normalized spacial score (nSPS) is 15.8. The predicted octanol–water partition coefficient (Wildman–Crippen LogP) is 3.45. The molecule has 0 saturated carbocycles. The van der Waals surface area contributed by atoms with Gasteiger partial charge in [0.15, 0.2) is 0 Å². The van der Waals surface area contributed by atoms with Crippen molar-refractivity contribution in [1.82, 2.24) is 20.1 Å². The third-order valence-corrected chi connectivity index (χ3v) is 7.12. The van der Waals surface area contributed by atoms with E-state index in [1.807, 2.05) is 13.0 Å². The van der Waals surface area contributed by atoms with Crippen LogP contribution in [0, 0.1) is 24.6 Å². The number of amides is 3. The van der Waals surface area contributed by atoms with E-state index in [9.17, 15) is 14.0 Å². The molecule has 5 rings (SSSR count). The average Bonchev–Trinajstić information content (AvgIpc) is 2.94. The number of hydrogen-bond acceptors (Lipinski definition) is 6. The lowest BCUT2D eigenvalue weighted by Gasteiger charge is -2.32. The van der Waals surface area contributed by atoms with Gasteiger partial charge in [0.2, 0.25) is 0 Å². The molecule has 0 aliphatic carbocycles. The highest BCUT2D eigenvalue weighted by Gasteiger charge is 2.20. The number of likely N-dealkylation sites (N-methyl/N-ethyl adjacent to an activating group) is 1. The van der Waals surface area contributed by atoms with Crippen molar-refractivity contribution < 1.29 is 18.7 Å². The van der Waals surface area contributed by atoms with E-state index in [2.05, 4.69) is 49.6 Å². The average molecular weight is 557 g/mol. The van der Waals surface area contributed by atoms with Crippen molar-refractivity contribution in [2.75, 3.05) is 57.1 Å². The Hall–Kier alpha value is -4.30. The zero-order chi connectivity index (χ0) is 28.8. The molecule has 3 aromatic rings. The molecular formula is C31H33FN6O3. The molecule has 3 heterocycles. The van der Waals surface area contributed by atoms with Gasteiger partial charge in [0.1, 0.15) is 11.6 Å². The van der Waals surface area contributed by atoms with Gasteiger partial charge >= 0.3 is 6.03 Å². The second-order valence-electron chi connectivity index (χ2n) is 10.4. The Morgan fingerprint density at radius 3 is 2.51 bits per heavy atom. The van der Waals surface area contributed by atoms with Gasteiger partial charge in [-0.3, -0.25) is 15.0 Å². The summed E-state index contributed by atoms with van der Waals surface area (Å²) >= 11 is 0. The molecule has 10 heteroatoms. The number of benzene rings is 2. The quantitative estimate of drug-likeness (QED) is 0.403. The molecule has 0 unspecified atom stereocenters. The van der Waals surface area contributed by atoms with E-state index in [1.165, 1.54) is 6.07 Å². The topological polar surface area (TPSA) is 98.8 Å².